The van der Waals surface area contributed by atoms with Crippen molar-refractivity contribution in [2.45, 2.75) is 83.3 Å². The molecule has 1 aliphatic carbocycles. The molecule has 1 saturated carbocycles. The molecule has 1 N–H and O–H groups in total. The highest BCUT2D eigenvalue weighted by molar-refractivity contribution is 5.74. The summed E-state index contributed by atoms with van der Waals surface area (Å²) < 4.78 is 13.7. The first-order chi connectivity index (χ1) is 15.7. The Morgan fingerprint density at radius 3 is 2.69 bits per heavy atom. The minimum atomic E-state index is -0.594. The van der Waals surface area contributed by atoms with Crippen molar-refractivity contribution < 1.29 is 19.4 Å². The zero-order valence-corrected chi connectivity index (χ0v) is 18.9. The highest BCUT2D eigenvalue weighted by atomic mass is 16.5. The highest BCUT2D eigenvalue weighted by Gasteiger charge is 2.40. The minimum Gasteiger partial charge on any atom is -0.492 e. The Kier molecular flexibility index (Phi) is 7.79. The third kappa shape index (κ3) is 5.49. The Balaban J connectivity index is 1.18. The van der Waals surface area contributed by atoms with Crippen LogP contribution in [-0.4, -0.2) is 39.1 Å². The summed E-state index contributed by atoms with van der Waals surface area (Å²) in [5, 5.41) is 14.0. The molecule has 174 valence electrons. The Morgan fingerprint density at radius 2 is 1.97 bits per heavy atom. The largest absolute Gasteiger partial charge is 0.492 e. The minimum absolute atomic E-state index is 0.00877. The number of unbranched alkanes of at least 4 members (excludes halogenated alkanes) is 3. The molecule has 1 atom stereocenters. The summed E-state index contributed by atoms with van der Waals surface area (Å²) >= 11 is 0. The zero-order valence-electron chi connectivity index (χ0n) is 18.9. The molecule has 0 radical (unpaired) electrons. The lowest BCUT2D eigenvalue weighted by Crippen LogP contribution is -2.27. The van der Waals surface area contributed by atoms with Crippen LogP contribution in [-0.2, 0) is 9.53 Å². The molecule has 2 aromatic rings. The van der Waals surface area contributed by atoms with Crippen molar-refractivity contribution in [2.24, 2.45) is 5.41 Å². The fourth-order valence-electron chi connectivity index (χ4n) is 5.01. The molecule has 3 heterocycles. The molecular formula is C25H35N3O4. The van der Waals surface area contributed by atoms with Gasteiger partial charge in [-0.05, 0) is 63.1 Å². The van der Waals surface area contributed by atoms with E-state index in [-0.39, 0.29) is 6.23 Å². The topological polar surface area (TPSA) is 86.5 Å². The molecule has 0 spiro atoms. The molecule has 2 aromatic heterocycles. The summed E-state index contributed by atoms with van der Waals surface area (Å²) in [5.74, 6) is 0.174. The van der Waals surface area contributed by atoms with Gasteiger partial charge in [-0.15, -0.1) is 0 Å². The van der Waals surface area contributed by atoms with Crippen molar-refractivity contribution in [3.8, 4) is 17.1 Å². The van der Waals surface area contributed by atoms with Gasteiger partial charge in [-0.1, -0.05) is 32.1 Å². The van der Waals surface area contributed by atoms with E-state index >= 15 is 0 Å². The van der Waals surface area contributed by atoms with Crippen LogP contribution in [0.25, 0.3) is 11.4 Å². The average molecular weight is 442 g/mol. The van der Waals surface area contributed by atoms with Gasteiger partial charge < -0.3 is 14.6 Å². The number of carbonyl (C=O) groups is 1. The van der Waals surface area contributed by atoms with Crippen LogP contribution in [0.4, 0.5) is 0 Å². The first-order valence-electron chi connectivity index (χ1n) is 12.2. The molecule has 32 heavy (non-hydrogen) atoms. The number of aromatic nitrogens is 3. The Morgan fingerprint density at radius 1 is 1.12 bits per heavy atom. The van der Waals surface area contributed by atoms with Crippen LogP contribution in [0.1, 0.15) is 83.3 Å². The van der Waals surface area contributed by atoms with Gasteiger partial charge in [0.15, 0.2) is 6.23 Å². The van der Waals surface area contributed by atoms with Crippen LogP contribution in [0.3, 0.4) is 0 Å². The summed E-state index contributed by atoms with van der Waals surface area (Å²) in [4.78, 5) is 16.2. The van der Waals surface area contributed by atoms with E-state index in [0.717, 1.165) is 101 Å². The van der Waals surface area contributed by atoms with Crippen molar-refractivity contribution >= 4 is 5.97 Å². The van der Waals surface area contributed by atoms with E-state index in [9.17, 15) is 9.90 Å². The normalized spacial score (nSPS) is 20.3. The lowest BCUT2D eigenvalue weighted by molar-refractivity contribution is -0.149. The van der Waals surface area contributed by atoms with E-state index in [2.05, 4.69) is 10.1 Å². The van der Waals surface area contributed by atoms with Gasteiger partial charge in [0.05, 0.1) is 29.6 Å². The van der Waals surface area contributed by atoms with E-state index in [0.29, 0.717) is 6.61 Å². The van der Waals surface area contributed by atoms with Gasteiger partial charge in [0.2, 0.25) is 0 Å². The molecule has 0 aromatic carbocycles. The molecule has 7 nitrogen and oxygen atoms in total. The second kappa shape index (κ2) is 10.9. The number of aliphatic carboxylic acids is 1. The molecule has 1 unspecified atom stereocenters. The number of hydrogen-bond acceptors (Lipinski definition) is 5. The molecule has 0 bridgehead atoms. The van der Waals surface area contributed by atoms with Crippen molar-refractivity contribution in [1.82, 2.24) is 14.8 Å². The van der Waals surface area contributed by atoms with Crippen molar-refractivity contribution in [3.63, 3.8) is 0 Å². The molecule has 4 rings (SSSR count). The monoisotopic (exact) mass is 441 g/mol. The van der Waals surface area contributed by atoms with Gasteiger partial charge in [-0.25, -0.2) is 4.68 Å². The van der Waals surface area contributed by atoms with E-state index in [1.807, 2.05) is 22.9 Å². The van der Waals surface area contributed by atoms with Crippen LogP contribution >= 0.6 is 0 Å². The fraction of sp³-hybridized carbons (Fsp3) is 0.640. The average Bonchev–Trinajstić information content (AvgIpc) is 3.50. The third-order valence-corrected chi connectivity index (χ3v) is 6.93. The van der Waals surface area contributed by atoms with Crippen molar-refractivity contribution in [1.29, 1.82) is 0 Å². The van der Waals surface area contributed by atoms with Gasteiger partial charge in [0.1, 0.15) is 5.75 Å². The standard InChI is InChI=1S/C25H35N3O4/c29-24(30)25(14-5-6-15-25)13-4-1-2-7-17-31-20-10-11-21(26-19-20)22-12-16-27-28(22)23-9-3-8-18-32-23/h10-12,16,19,23H,1-9,13-15,17-18H2,(H,29,30). The summed E-state index contributed by atoms with van der Waals surface area (Å²) in [6, 6.07) is 5.90. The molecule has 0 amide bonds. The van der Waals surface area contributed by atoms with Crippen LogP contribution in [0.15, 0.2) is 30.6 Å². The van der Waals surface area contributed by atoms with Crippen molar-refractivity contribution in [2.75, 3.05) is 13.2 Å². The van der Waals surface area contributed by atoms with E-state index in [1.54, 1.807) is 12.4 Å². The molecule has 2 aliphatic rings. The second-order valence-electron chi connectivity index (χ2n) is 9.17. The first kappa shape index (κ1) is 22.8. The summed E-state index contributed by atoms with van der Waals surface area (Å²) in [5.41, 5.74) is 1.38. The fourth-order valence-corrected chi connectivity index (χ4v) is 5.01. The van der Waals surface area contributed by atoms with Crippen LogP contribution in [0.5, 0.6) is 5.75 Å². The maximum absolute atomic E-state index is 11.6. The smallest absolute Gasteiger partial charge is 0.309 e. The molecular weight excluding hydrogens is 406 g/mol. The Labute approximate surface area is 190 Å². The lowest BCUT2D eigenvalue weighted by atomic mass is 9.81. The zero-order chi connectivity index (χ0) is 22.2. The second-order valence-corrected chi connectivity index (χ2v) is 9.17. The summed E-state index contributed by atoms with van der Waals surface area (Å²) in [6.07, 6.45) is 15.5. The number of ether oxygens (including phenoxy) is 2. The van der Waals surface area contributed by atoms with Gasteiger partial charge in [-0.3, -0.25) is 9.78 Å². The predicted octanol–water partition coefficient (Wildman–Crippen LogP) is 5.62. The van der Waals surface area contributed by atoms with Crippen LogP contribution < -0.4 is 4.74 Å². The maximum Gasteiger partial charge on any atom is 0.309 e. The maximum atomic E-state index is 11.6. The van der Waals surface area contributed by atoms with Crippen LogP contribution in [0, 0.1) is 5.41 Å². The quantitative estimate of drug-likeness (QED) is 0.456. The molecule has 2 fully saturated rings. The first-order valence-corrected chi connectivity index (χ1v) is 12.2. The molecule has 1 saturated heterocycles. The third-order valence-electron chi connectivity index (χ3n) is 6.93. The summed E-state index contributed by atoms with van der Waals surface area (Å²) in [7, 11) is 0. The number of carboxylic acids is 1. The predicted molar refractivity (Wildman–Crippen MR) is 121 cm³/mol. The van der Waals surface area contributed by atoms with E-state index < -0.39 is 11.4 Å². The van der Waals surface area contributed by atoms with Gasteiger partial charge in [0.25, 0.3) is 0 Å². The Hall–Kier alpha value is -2.41. The van der Waals surface area contributed by atoms with Crippen LogP contribution in [0.2, 0.25) is 0 Å². The summed E-state index contributed by atoms with van der Waals surface area (Å²) in [6.45, 7) is 1.43. The molecule has 7 heteroatoms. The number of hydrogen-bond donors (Lipinski definition) is 1. The van der Waals surface area contributed by atoms with Gasteiger partial charge in [-0.2, -0.15) is 5.10 Å². The number of carboxylic acid groups (broad SMARTS) is 1. The SMILES string of the molecule is O=C(O)C1(CCCCCCOc2ccc(-c3ccnn3C3CCCCO3)nc2)CCCC1. The van der Waals surface area contributed by atoms with E-state index in [4.69, 9.17) is 9.47 Å². The van der Waals surface area contributed by atoms with Gasteiger partial charge >= 0.3 is 5.97 Å². The Bertz CT molecular complexity index is 852. The molecule has 1 aliphatic heterocycles. The van der Waals surface area contributed by atoms with E-state index in [1.165, 1.54) is 0 Å². The lowest BCUT2D eigenvalue weighted by Gasteiger charge is -2.24. The van der Waals surface area contributed by atoms with Gasteiger partial charge in [0, 0.05) is 12.8 Å². The number of pyridine rings is 1. The van der Waals surface area contributed by atoms with Crippen molar-refractivity contribution in [3.05, 3.63) is 30.6 Å². The highest BCUT2D eigenvalue weighted by Crippen LogP contribution is 2.42. The number of nitrogens with zero attached hydrogens (tertiary/aromatic N) is 3. The number of rotatable bonds is 11.